The molecule has 2 rings (SSSR count). The Bertz CT molecular complexity index is 617. The SMILES string of the molecule is COC(=O)C=Cc1csc(-c2c(Cl)cccc2Cl)n1. The molecule has 0 spiro atoms. The third-order valence-electron chi connectivity index (χ3n) is 2.29. The van der Waals surface area contributed by atoms with Gasteiger partial charge in [0.15, 0.2) is 0 Å². The molecule has 98 valence electrons. The minimum Gasteiger partial charge on any atom is -0.466 e. The van der Waals surface area contributed by atoms with E-state index in [0.29, 0.717) is 26.3 Å². The van der Waals surface area contributed by atoms with E-state index >= 15 is 0 Å². The molecule has 0 saturated carbocycles. The number of carbonyl (C=O) groups excluding carboxylic acids is 1. The van der Waals surface area contributed by atoms with Gasteiger partial charge in [-0.25, -0.2) is 9.78 Å². The highest BCUT2D eigenvalue weighted by Crippen LogP contribution is 2.36. The molecule has 0 amide bonds. The van der Waals surface area contributed by atoms with E-state index in [-0.39, 0.29) is 0 Å². The highest BCUT2D eigenvalue weighted by Gasteiger charge is 2.11. The van der Waals surface area contributed by atoms with Crippen LogP contribution in [0.15, 0.2) is 29.7 Å². The molecule has 0 unspecified atom stereocenters. The van der Waals surface area contributed by atoms with Gasteiger partial charge in [0.1, 0.15) is 5.01 Å². The number of hydrogen-bond acceptors (Lipinski definition) is 4. The van der Waals surface area contributed by atoms with Gasteiger partial charge in [-0.15, -0.1) is 11.3 Å². The summed E-state index contributed by atoms with van der Waals surface area (Å²) in [5, 5.41) is 3.62. The van der Waals surface area contributed by atoms with Gasteiger partial charge in [0.25, 0.3) is 0 Å². The molecule has 0 radical (unpaired) electrons. The first-order chi connectivity index (χ1) is 9.11. The molecule has 0 fully saturated rings. The second-order valence-electron chi connectivity index (χ2n) is 3.53. The smallest absolute Gasteiger partial charge is 0.330 e. The number of nitrogens with zero attached hydrogens (tertiary/aromatic N) is 1. The lowest BCUT2D eigenvalue weighted by atomic mass is 10.2. The van der Waals surface area contributed by atoms with Crippen molar-refractivity contribution >= 4 is 46.6 Å². The van der Waals surface area contributed by atoms with Gasteiger partial charge in [0, 0.05) is 17.0 Å². The predicted molar refractivity (Wildman–Crippen MR) is 78.6 cm³/mol. The van der Waals surface area contributed by atoms with Gasteiger partial charge in [-0.05, 0) is 18.2 Å². The van der Waals surface area contributed by atoms with E-state index in [1.807, 2.05) is 5.38 Å². The summed E-state index contributed by atoms with van der Waals surface area (Å²) in [7, 11) is 1.32. The van der Waals surface area contributed by atoms with Crippen molar-refractivity contribution in [1.82, 2.24) is 4.98 Å². The van der Waals surface area contributed by atoms with Crippen LogP contribution in [0, 0.1) is 0 Å². The third-order valence-corrected chi connectivity index (χ3v) is 3.80. The fourth-order valence-electron chi connectivity index (χ4n) is 1.40. The van der Waals surface area contributed by atoms with Crippen molar-refractivity contribution in [3.05, 3.63) is 45.4 Å². The number of rotatable bonds is 3. The Balaban J connectivity index is 2.31. The van der Waals surface area contributed by atoms with Crippen molar-refractivity contribution < 1.29 is 9.53 Å². The molecule has 1 heterocycles. The van der Waals surface area contributed by atoms with E-state index in [4.69, 9.17) is 23.2 Å². The zero-order valence-electron chi connectivity index (χ0n) is 9.89. The van der Waals surface area contributed by atoms with Crippen molar-refractivity contribution in [1.29, 1.82) is 0 Å². The largest absolute Gasteiger partial charge is 0.466 e. The van der Waals surface area contributed by atoms with Gasteiger partial charge in [-0.3, -0.25) is 0 Å². The van der Waals surface area contributed by atoms with E-state index in [1.54, 1.807) is 24.3 Å². The maximum absolute atomic E-state index is 11.0. The molecule has 0 aliphatic heterocycles. The lowest BCUT2D eigenvalue weighted by Gasteiger charge is -2.02. The Kier molecular flexibility index (Phi) is 4.58. The summed E-state index contributed by atoms with van der Waals surface area (Å²) >= 11 is 13.6. The standard InChI is InChI=1S/C13H9Cl2NO2S/c1-18-11(17)6-5-8-7-19-13(16-8)12-9(14)3-2-4-10(12)15/h2-7H,1H3. The molecule has 0 atom stereocenters. The summed E-state index contributed by atoms with van der Waals surface area (Å²) in [6.07, 6.45) is 2.89. The highest BCUT2D eigenvalue weighted by molar-refractivity contribution is 7.13. The van der Waals surface area contributed by atoms with Crippen molar-refractivity contribution in [3.63, 3.8) is 0 Å². The van der Waals surface area contributed by atoms with Crippen LogP contribution in [0.25, 0.3) is 16.6 Å². The Labute approximate surface area is 124 Å². The van der Waals surface area contributed by atoms with Gasteiger partial charge in [0.05, 0.1) is 22.8 Å². The fraction of sp³-hybridized carbons (Fsp3) is 0.0769. The van der Waals surface area contributed by atoms with E-state index in [0.717, 1.165) is 0 Å². The van der Waals surface area contributed by atoms with Gasteiger partial charge in [-0.2, -0.15) is 0 Å². The average Bonchev–Trinajstić information content (AvgIpc) is 2.84. The molecule has 1 aromatic carbocycles. The Hall–Kier alpha value is -1.36. The van der Waals surface area contributed by atoms with Crippen LogP contribution in [0.3, 0.4) is 0 Å². The topological polar surface area (TPSA) is 39.2 Å². The molecule has 0 bridgehead atoms. The molecular weight excluding hydrogens is 305 g/mol. The van der Waals surface area contributed by atoms with Gasteiger partial charge >= 0.3 is 5.97 Å². The number of esters is 1. The second-order valence-corrected chi connectivity index (χ2v) is 5.20. The monoisotopic (exact) mass is 313 g/mol. The van der Waals surface area contributed by atoms with Crippen molar-refractivity contribution in [2.45, 2.75) is 0 Å². The van der Waals surface area contributed by atoms with Gasteiger partial charge < -0.3 is 4.74 Å². The molecule has 6 heteroatoms. The molecule has 0 N–H and O–H groups in total. The summed E-state index contributed by atoms with van der Waals surface area (Å²) in [6, 6.07) is 5.29. The molecular formula is C13H9Cl2NO2S. The number of hydrogen-bond donors (Lipinski definition) is 0. The van der Waals surface area contributed by atoms with Crippen LogP contribution >= 0.6 is 34.5 Å². The number of benzene rings is 1. The van der Waals surface area contributed by atoms with E-state index in [2.05, 4.69) is 9.72 Å². The zero-order chi connectivity index (χ0) is 13.8. The van der Waals surface area contributed by atoms with E-state index < -0.39 is 5.97 Å². The number of methoxy groups -OCH3 is 1. The maximum atomic E-state index is 11.0. The first kappa shape index (κ1) is 14.1. The molecule has 3 nitrogen and oxygen atoms in total. The fourth-order valence-corrected chi connectivity index (χ4v) is 2.95. The predicted octanol–water partition coefficient (Wildman–Crippen LogP) is 4.30. The average molecular weight is 314 g/mol. The molecule has 1 aromatic heterocycles. The summed E-state index contributed by atoms with van der Waals surface area (Å²) < 4.78 is 4.51. The molecule has 0 aliphatic rings. The lowest BCUT2D eigenvalue weighted by molar-refractivity contribution is -0.134. The zero-order valence-corrected chi connectivity index (χ0v) is 12.2. The van der Waals surface area contributed by atoms with Gasteiger partial charge in [0.2, 0.25) is 0 Å². The van der Waals surface area contributed by atoms with Crippen molar-refractivity contribution in [2.75, 3.05) is 7.11 Å². The van der Waals surface area contributed by atoms with Crippen LogP contribution in [0.1, 0.15) is 5.69 Å². The minimum absolute atomic E-state index is 0.426. The van der Waals surface area contributed by atoms with Crippen LogP contribution in [0.5, 0.6) is 0 Å². The molecule has 19 heavy (non-hydrogen) atoms. The lowest BCUT2D eigenvalue weighted by Crippen LogP contribution is -1.93. The normalized spacial score (nSPS) is 10.9. The first-order valence-corrected chi connectivity index (χ1v) is 6.91. The van der Waals surface area contributed by atoms with Crippen molar-refractivity contribution in [3.8, 4) is 10.6 Å². The third kappa shape index (κ3) is 3.35. The van der Waals surface area contributed by atoms with Crippen LogP contribution in [0.2, 0.25) is 10.0 Å². The molecule has 0 aliphatic carbocycles. The first-order valence-electron chi connectivity index (χ1n) is 5.27. The number of thiazole rings is 1. The summed E-state index contributed by atoms with van der Waals surface area (Å²) in [6.45, 7) is 0. The van der Waals surface area contributed by atoms with Crippen LogP contribution < -0.4 is 0 Å². The summed E-state index contributed by atoms with van der Waals surface area (Å²) in [5.74, 6) is -0.426. The maximum Gasteiger partial charge on any atom is 0.330 e. The van der Waals surface area contributed by atoms with Crippen LogP contribution in [-0.2, 0) is 9.53 Å². The second kappa shape index (κ2) is 6.19. The van der Waals surface area contributed by atoms with Crippen molar-refractivity contribution in [2.24, 2.45) is 0 Å². The Morgan fingerprint density at radius 1 is 1.37 bits per heavy atom. The van der Waals surface area contributed by atoms with E-state index in [9.17, 15) is 4.79 Å². The number of aromatic nitrogens is 1. The summed E-state index contributed by atoms with van der Waals surface area (Å²) in [4.78, 5) is 15.4. The number of carbonyl (C=O) groups is 1. The number of halogens is 2. The number of ether oxygens (including phenoxy) is 1. The van der Waals surface area contributed by atoms with Crippen LogP contribution in [0.4, 0.5) is 0 Å². The Morgan fingerprint density at radius 2 is 2.05 bits per heavy atom. The summed E-state index contributed by atoms with van der Waals surface area (Å²) in [5.41, 5.74) is 1.36. The van der Waals surface area contributed by atoms with Gasteiger partial charge in [-0.1, -0.05) is 29.3 Å². The molecule has 0 saturated heterocycles. The Morgan fingerprint density at radius 3 is 2.68 bits per heavy atom. The van der Waals surface area contributed by atoms with Crippen LogP contribution in [-0.4, -0.2) is 18.1 Å². The quantitative estimate of drug-likeness (QED) is 0.626. The highest BCUT2D eigenvalue weighted by atomic mass is 35.5. The molecule has 2 aromatic rings. The minimum atomic E-state index is -0.426. The van der Waals surface area contributed by atoms with E-state index in [1.165, 1.54) is 24.5 Å².